The summed E-state index contributed by atoms with van der Waals surface area (Å²) < 4.78 is 0. The number of hydrogen-bond acceptors (Lipinski definition) is 2. The predicted octanol–water partition coefficient (Wildman–Crippen LogP) is 3.43. The Balaban J connectivity index is 2.52. The SMILES string of the molecule is [C-]#[N+]C1=CN(c2c(C)cc(C)cc2C)[C@@H](C)N1C. The van der Waals surface area contributed by atoms with Crippen LogP contribution in [0, 0.1) is 27.3 Å². The van der Waals surface area contributed by atoms with Crippen molar-refractivity contribution in [1.29, 1.82) is 0 Å². The van der Waals surface area contributed by atoms with Crippen LogP contribution in [-0.2, 0) is 0 Å². The Labute approximate surface area is 109 Å². The second-order valence-electron chi connectivity index (χ2n) is 5.00. The van der Waals surface area contributed by atoms with Crippen molar-refractivity contribution in [2.24, 2.45) is 0 Å². The summed E-state index contributed by atoms with van der Waals surface area (Å²) in [7, 11) is 1.97. The largest absolute Gasteiger partial charge is 0.363 e. The third kappa shape index (κ3) is 1.84. The Kier molecular flexibility index (Phi) is 3.04. The van der Waals surface area contributed by atoms with E-state index in [0.717, 1.165) is 0 Å². The maximum absolute atomic E-state index is 7.20. The average Bonchev–Trinajstić information content (AvgIpc) is 2.56. The molecule has 2 rings (SSSR count). The van der Waals surface area contributed by atoms with E-state index in [0.29, 0.717) is 5.82 Å². The molecule has 0 saturated carbocycles. The van der Waals surface area contributed by atoms with Crippen LogP contribution in [-0.4, -0.2) is 18.1 Å². The molecule has 1 aromatic rings. The number of benzene rings is 1. The van der Waals surface area contributed by atoms with E-state index < -0.39 is 0 Å². The molecule has 3 nitrogen and oxygen atoms in total. The van der Waals surface area contributed by atoms with Crippen molar-refractivity contribution in [3.8, 4) is 0 Å². The molecule has 0 bridgehead atoms. The molecule has 3 heteroatoms. The fraction of sp³-hybridized carbons (Fsp3) is 0.400. The average molecular weight is 241 g/mol. The molecule has 1 aromatic carbocycles. The topological polar surface area (TPSA) is 10.8 Å². The molecule has 0 amide bonds. The van der Waals surface area contributed by atoms with Gasteiger partial charge >= 0.3 is 0 Å². The number of nitrogens with zero attached hydrogens (tertiary/aromatic N) is 3. The van der Waals surface area contributed by atoms with Crippen LogP contribution in [0.25, 0.3) is 4.85 Å². The molecule has 18 heavy (non-hydrogen) atoms. The van der Waals surface area contributed by atoms with E-state index in [1.54, 1.807) is 0 Å². The lowest BCUT2D eigenvalue weighted by atomic mass is 10.0. The van der Waals surface area contributed by atoms with Crippen molar-refractivity contribution in [3.05, 3.63) is 52.3 Å². The van der Waals surface area contributed by atoms with Gasteiger partial charge in [-0.3, -0.25) is 0 Å². The molecule has 1 aliphatic rings. The minimum atomic E-state index is 0.189. The van der Waals surface area contributed by atoms with E-state index in [1.807, 2.05) is 18.1 Å². The van der Waals surface area contributed by atoms with Gasteiger partial charge in [-0.1, -0.05) is 24.3 Å². The standard InChI is InChI=1S/C15H19N3/c1-10-7-11(2)15(12(3)8-10)18-9-14(16-5)17(6)13(18)4/h7-9,13H,1-4,6H3/t13-/m0/s1. The molecular weight excluding hydrogens is 222 g/mol. The minimum Gasteiger partial charge on any atom is -0.363 e. The monoisotopic (exact) mass is 241 g/mol. The van der Waals surface area contributed by atoms with Crippen LogP contribution in [0.1, 0.15) is 23.6 Å². The highest BCUT2D eigenvalue weighted by atomic mass is 15.4. The zero-order chi connectivity index (χ0) is 13.4. The summed E-state index contributed by atoms with van der Waals surface area (Å²) in [6.45, 7) is 15.7. The van der Waals surface area contributed by atoms with E-state index in [1.165, 1.54) is 22.4 Å². The van der Waals surface area contributed by atoms with Crippen LogP contribution >= 0.6 is 0 Å². The van der Waals surface area contributed by atoms with Gasteiger partial charge in [-0.25, -0.2) is 0 Å². The lowest BCUT2D eigenvalue weighted by molar-refractivity contribution is 0.364. The van der Waals surface area contributed by atoms with Gasteiger partial charge in [0, 0.05) is 11.9 Å². The van der Waals surface area contributed by atoms with Crippen LogP contribution in [0.15, 0.2) is 24.2 Å². The summed E-state index contributed by atoms with van der Waals surface area (Å²) >= 11 is 0. The first-order valence-corrected chi connectivity index (χ1v) is 6.14. The van der Waals surface area contributed by atoms with Gasteiger partial charge in [-0.05, 0) is 38.8 Å². The lowest BCUT2D eigenvalue weighted by Gasteiger charge is -2.28. The highest BCUT2D eigenvalue weighted by Crippen LogP contribution is 2.33. The predicted molar refractivity (Wildman–Crippen MR) is 75.0 cm³/mol. The summed E-state index contributed by atoms with van der Waals surface area (Å²) in [5.74, 6) is 0.696. The number of rotatable bonds is 1. The second kappa shape index (κ2) is 4.38. The van der Waals surface area contributed by atoms with Gasteiger partial charge < -0.3 is 14.6 Å². The molecule has 0 saturated heterocycles. The Bertz CT molecular complexity index is 528. The first-order chi connectivity index (χ1) is 8.45. The zero-order valence-electron chi connectivity index (χ0n) is 11.7. The molecule has 0 radical (unpaired) electrons. The molecule has 0 spiro atoms. The maximum Gasteiger partial charge on any atom is 0.243 e. The van der Waals surface area contributed by atoms with Crippen LogP contribution < -0.4 is 4.90 Å². The summed E-state index contributed by atoms with van der Waals surface area (Å²) in [5, 5.41) is 0. The Morgan fingerprint density at radius 1 is 1.17 bits per heavy atom. The van der Waals surface area contributed by atoms with Gasteiger partial charge in [0.05, 0.1) is 7.05 Å². The van der Waals surface area contributed by atoms with E-state index in [2.05, 4.69) is 49.6 Å². The second-order valence-corrected chi connectivity index (χ2v) is 5.00. The van der Waals surface area contributed by atoms with E-state index in [9.17, 15) is 0 Å². The molecule has 1 heterocycles. The Morgan fingerprint density at radius 2 is 1.72 bits per heavy atom. The molecule has 94 valence electrons. The van der Waals surface area contributed by atoms with Gasteiger partial charge in [0.2, 0.25) is 5.82 Å². The molecule has 0 N–H and O–H groups in total. The van der Waals surface area contributed by atoms with Crippen molar-refractivity contribution in [2.75, 3.05) is 11.9 Å². The van der Waals surface area contributed by atoms with Gasteiger partial charge in [0.1, 0.15) is 0 Å². The van der Waals surface area contributed by atoms with Gasteiger partial charge in [0.15, 0.2) is 6.17 Å². The third-order valence-electron chi connectivity index (χ3n) is 3.59. The van der Waals surface area contributed by atoms with Crippen molar-refractivity contribution in [1.82, 2.24) is 4.90 Å². The fourth-order valence-electron chi connectivity index (χ4n) is 2.64. The molecule has 1 atom stereocenters. The summed E-state index contributed by atoms with van der Waals surface area (Å²) in [4.78, 5) is 7.76. The summed E-state index contributed by atoms with van der Waals surface area (Å²) in [6, 6.07) is 4.39. The normalized spacial score (nSPS) is 18.9. The van der Waals surface area contributed by atoms with Crippen LogP contribution in [0.5, 0.6) is 0 Å². The Morgan fingerprint density at radius 3 is 2.17 bits per heavy atom. The van der Waals surface area contributed by atoms with Gasteiger partial charge in [-0.2, -0.15) is 0 Å². The van der Waals surface area contributed by atoms with Gasteiger partial charge in [-0.15, -0.1) is 0 Å². The first-order valence-electron chi connectivity index (χ1n) is 6.14. The van der Waals surface area contributed by atoms with Crippen molar-refractivity contribution >= 4 is 5.69 Å². The number of aryl methyl sites for hydroxylation is 3. The molecular formula is C15H19N3. The van der Waals surface area contributed by atoms with Crippen molar-refractivity contribution in [2.45, 2.75) is 33.9 Å². The highest BCUT2D eigenvalue weighted by molar-refractivity contribution is 5.64. The summed E-state index contributed by atoms with van der Waals surface area (Å²) in [6.07, 6.45) is 2.14. The highest BCUT2D eigenvalue weighted by Gasteiger charge is 2.30. The molecule has 0 fully saturated rings. The van der Waals surface area contributed by atoms with E-state index in [4.69, 9.17) is 6.57 Å². The lowest BCUT2D eigenvalue weighted by Crippen LogP contribution is -2.35. The molecule has 0 aliphatic carbocycles. The van der Waals surface area contributed by atoms with E-state index in [-0.39, 0.29) is 6.17 Å². The number of hydrogen-bond donors (Lipinski definition) is 0. The van der Waals surface area contributed by atoms with Crippen molar-refractivity contribution < 1.29 is 0 Å². The van der Waals surface area contributed by atoms with Gasteiger partial charge in [0.25, 0.3) is 0 Å². The van der Waals surface area contributed by atoms with E-state index >= 15 is 0 Å². The van der Waals surface area contributed by atoms with Crippen LogP contribution in [0.4, 0.5) is 5.69 Å². The Hall–Kier alpha value is -1.95. The van der Waals surface area contributed by atoms with Crippen molar-refractivity contribution in [3.63, 3.8) is 0 Å². The molecule has 0 aromatic heterocycles. The number of anilines is 1. The molecule has 1 aliphatic heterocycles. The zero-order valence-corrected chi connectivity index (χ0v) is 11.7. The summed E-state index contributed by atoms with van der Waals surface area (Å²) in [5.41, 5.74) is 5.02. The fourth-order valence-corrected chi connectivity index (χ4v) is 2.64. The quantitative estimate of drug-likeness (QED) is 0.698. The maximum atomic E-state index is 7.20. The van der Waals surface area contributed by atoms with Crippen LogP contribution in [0.2, 0.25) is 0 Å². The first kappa shape index (κ1) is 12.5. The molecule has 0 unspecified atom stereocenters. The third-order valence-corrected chi connectivity index (χ3v) is 3.59. The van der Waals surface area contributed by atoms with Crippen LogP contribution in [0.3, 0.4) is 0 Å². The smallest absolute Gasteiger partial charge is 0.243 e. The minimum absolute atomic E-state index is 0.189.